The summed E-state index contributed by atoms with van der Waals surface area (Å²) in [5, 5.41) is 12.0. The Labute approximate surface area is 163 Å². The molecule has 1 saturated carbocycles. The number of hydrogen-bond acceptors (Lipinski definition) is 4. The Balaban J connectivity index is 1.60. The molecule has 7 heteroatoms. The van der Waals surface area contributed by atoms with Crippen molar-refractivity contribution in [2.75, 3.05) is 29.9 Å². The Bertz CT molecular complexity index is 723. The second-order valence-corrected chi connectivity index (χ2v) is 8.54. The summed E-state index contributed by atoms with van der Waals surface area (Å²) < 4.78 is 0. The number of anilines is 1. The van der Waals surface area contributed by atoms with Crippen LogP contribution in [0.4, 0.5) is 5.69 Å². The fourth-order valence-electron chi connectivity index (χ4n) is 3.72. The summed E-state index contributed by atoms with van der Waals surface area (Å²) >= 11 is 1.86. The highest BCUT2D eigenvalue weighted by molar-refractivity contribution is 7.99. The molecular weight excluding hydrogens is 364 g/mol. The molecule has 1 saturated heterocycles. The molecule has 2 amide bonds. The third-order valence-corrected chi connectivity index (χ3v) is 6.42. The van der Waals surface area contributed by atoms with E-state index in [0.717, 1.165) is 30.2 Å². The molecule has 2 aliphatic rings. The number of hydrogen-bond donors (Lipinski definition) is 2. The second kappa shape index (κ2) is 8.78. The lowest BCUT2D eigenvalue weighted by Gasteiger charge is -2.27. The van der Waals surface area contributed by atoms with Gasteiger partial charge in [-0.25, -0.2) is 0 Å². The maximum atomic E-state index is 12.6. The van der Waals surface area contributed by atoms with Gasteiger partial charge in [0.25, 0.3) is 5.91 Å². The SMILES string of the molecule is Cc1cc(C(=O)N2CCSCC2)ccc1NC(=O)C1CCC(C(=O)O)CC1. The van der Waals surface area contributed by atoms with Crippen molar-refractivity contribution in [3.63, 3.8) is 0 Å². The van der Waals surface area contributed by atoms with Crippen LogP contribution >= 0.6 is 11.8 Å². The van der Waals surface area contributed by atoms with Gasteiger partial charge in [-0.2, -0.15) is 11.8 Å². The summed E-state index contributed by atoms with van der Waals surface area (Å²) in [6.45, 7) is 3.44. The number of carbonyl (C=O) groups is 3. The van der Waals surface area contributed by atoms with E-state index in [2.05, 4.69) is 5.32 Å². The van der Waals surface area contributed by atoms with Crippen molar-refractivity contribution in [2.45, 2.75) is 32.6 Å². The zero-order valence-electron chi connectivity index (χ0n) is 15.6. The molecule has 3 rings (SSSR count). The molecule has 1 aromatic carbocycles. The first kappa shape index (κ1) is 19.7. The number of carboxylic acids is 1. The monoisotopic (exact) mass is 390 g/mol. The van der Waals surface area contributed by atoms with Crippen LogP contribution in [0, 0.1) is 18.8 Å². The summed E-state index contributed by atoms with van der Waals surface area (Å²) in [4.78, 5) is 38.0. The highest BCUT2D eigenvalue weighted by Gasteiger charge is 2.30. The van der Waals surface area contributed by atoms with Crippen molar-refractivity contribution in [3.8, 4) is 0 Å². The lowest BCUT2D eigenvalue weighted by atomic mass is 9.81. The summed E-state index contributed by atoms with van der Waals surface area (Å²) in [7, 11) is 0. The van der Waals surface area contributed by atoms with E-state index in [1.54, 1.807) is 12.1 Å². The minimum atomic E-state index is -0.766. The third kappa shape index (κ3) is 4.83. The summed E-state index contributed by atoms with van der Waals surface area (Å²) in [5.74, 6) is 0.697. The van der Waals surface area contributed by atoms with Crippen LogP contribution in [0.3, 0.4) is 0 Å². The molecule has 146 valence electrons. The van der Waals surface area contributed by atoms with E-state index in [0.29, 0.717) is 36.9 Å². The largest absolute Gasteiger partial charge is 0.481 e. The van der Waals surface area contributed by atoms with Crippen molar-refractivity contribution in [2.24, 2.45) is 11.8 Å². The van der Waals surface area contributed by atoms with E-state index in [1.165, 1.54) is 0 Å². The first-order valence-electron chi connectivity index (χ1n) is 9.47. The van der Waals surface area contributed by atoms with Gasteiger partial charge >= 0.3 is 5.97 Å². The normalized spacial score (nSPS) is 22.9. The van der Waals surface area contributed by atoms with Crippen molar-refractivity contribution >= 4 is 35.2 Å². The topological polar surface area (TPSA) is 86.7 Å². The van der Waals surface area contributed by atoms with Crippen LogP contribution in [-0.2, 0) is 9.59 Å². The molecule has 6 nitrogen and oxygen atoms in total. The summed E-state index contributed by atoms with van der Waals surface area (Å²) in [5.41, 5.74) is 2.23. The molecule has 1 aliphatic heterocycles. The number of thioether (sulfide) groups is 1. The Hall–Kier alpha value is -2.02. The molecular formula is C20H26N2O4S. The minimum absolute atomic E-state index is 0.0447. The molecule has 0 atom stereocenters. The van der Waals surface area contributed by atoms with E-state index in [1.807, 2.05) is 29.7 Å². The van der Waals surface area contributed by atoms with E-state index in [-0.39, 0.29) is 23.7 Å². The average Bonchev–Trinajstić information content (AvgIpc) is 2.69. The standard InChI is InChI=1S/C20H26N2O4S/c1-13-12-16(19(24)22-8-10-27-11-9-22)6-7-17(13)21-18(23)14-2-4-15(5-3-14)20(25)26/h6-7,12,14-15H,2-5,8-11H2,1H3,(H,21,23)(H,25,26). The van der Waals surface area contributed by atoms with E-state index >= 15 is 0 Å². The van der Waals surface area contributed by atoms with Crippen LogP contribution in [0.5, 0.6) is 0 Å². The Morgan fingerprint density at radius 3 is 2.30 bits per heavy atom. The first-order chi connectivity index (χ1) is 13.0. The molecule has 1 aliphatic carbocycles. The van der Waals surface area contributed by atoms with Gasteiger partial charge in [0, 0.05) is 41.8 Å². The van der Waals surface area contributed by atoms with Crippen molar-refractivity contribution in [1.82, 2.24) is 4.90 Å². The van der Waals surface area contributed by atoms with E-state index in [9.17, 15) is 14.4 Å². The van der Waals surface area contributed by atoms with Crippen molar-refractivity contribution in [1.29, 1.82) is 0 Å². The zero-order valence-corrected chi connectivity index (χ0v) is 16.4. The zero-order chi connectivity index (χ0) is 19.4. The number of nitrogens with one attached hydrogen (secondary N) is 1. The lowest BCUT2D eigenvalue weighted by molar-refractivity contribution is -0.143. The van der Waals surface area contributed by atoms with Gasteiger partial charge in [0.1, 0.15) is 0 Å². The number of nitrogens with zero attached hydrogens (tertiary/aromatic N) is 1. The maximum absolute atomic E-state index is 12.6. The van der Waals surface area contributed by atoms with Crippen molar-refractivity contribution in [3.05, 3.63) is 29.3 Å². The number of aliphatic carboxylic acids is 1. The van der Waals surface area contributed by atoms with Crippen LogP contribution < -0.4 is 5.32 Å². The fourth-order valence-corrected chi connectivity index (χ4v) is 4.63. The molecule has 1 heterocycles. The molecule has 0 aromatic heterocycles. The molecule has 1 aromatic rings. The number of amides is 2. The summed E-state index contributed by atoms with van der Waals surface area (Å²) in [6, 6.07) is 5.40. The number of rotatable bonds is 4. The minimum Gasteiger partial charge on any atom is -0.481 e. The van der Waals surface area contributed by atoms with E-state index in [4.69, 9.17) is 5.11 Å². The molecule has 2 N–H and O–H groups in total. The van der Waals surface area contributed by atoms with Gasteiger partial charge < -0.3 is 15.3 Å². The number of benzene rings is 1. The average molecular weight is 391 g/mol. The molecule has 2 fully saturated rings. The molecule has 0 bridgehead atoms. The van der Waals surface area contributed by atoms with Crippen LogP contribution in [-0.4, -0.2) is 52.4 Å². The Morgan fingerprint density at radius 1 is 1.07 bits per heavy atom. The van der Waals surface area contributed by atoms with Gasteiger partial charge in [-0.05, 0) is 56.4 Å². The maximum Gasteiger partial charge on any atom is 0.306 e. The molecule has 27 heavy (non-hydrogen) atoms. The highest BCUT2D eigenvalue weighted by atomic mass is 32.2. The third-order valence-electron chi connectivity index (χ3n) is 5.48. The fraction of sp³-hybridized carbons (Fsp3) is 0.550. The van der Waals surface area contributed by atoms with Gasteiger partial charge in [0.2, 0.25) is 5.91 Å². The van der Waals surface area contributed by atoms with Gasteiger partial charge in [-0.1, -0.05) is 0 Å². The second-order valence-electron chi connectivity index (χ2n) is 7.31. The Kier molecular flexibility index (Phi) is 6.42. The highest BCUT2D eigenvalue weighted by Crippen LogP contribution is 2.30. The van der Waals surface area contributed by atoms with E-state index < -0.39 is 5.97 Å². The van der Waals surface area contributed by atoms with Crippen LogP contribution in [0.2, 0.25) is 0 Å². The summed E-state index contributed by atoms with van der Waals surface area (Å²) in [6.07, 6.45) is 2.30. The predicted molar refractivity (Wildman–Crippen MR) is 106 cm³/mol. The van der Waals surface area contributed by atoms with Crippen LogP contribution in [0.1, 0.15) is 41.6 Å². The molecule has 0 spiro atoms. The smallest absolute Gasteiger partial charge is 0.306 e. The molecule has 0 unspecified atom stereocenters. The quantitative estimate of drug-likeness (QED) is 0.825. The number of carboxylic acid groups (broad SMARTS) is 1. The van der Waals surface area contributed by atoms with Gasteiger partial charge in [-0.3, -0.25) is 14.4 Å². The van der Waals surface area contributed by atoms with Gasteiger partial charge in [0.05, 0.1) is 5.92 Å². The van der Waals surface area contributed by atoms with Gasteiger partial charge in [0.15, 0.2) is 0 Å². The van der Waals surface area contributed by atoms with Crippen LogP contribution in [0.15, 0.2) is 18.2 Å². The van der Waals surface area contributed by atoms with Crippen molar-refractivity contribution < 1.29 is 19.5 Å². The first-order valence-corrected chi connectivity index (χ1v) is 10.6. The van der Waals surface area contributed by atoms with Crippen LogP contribution in [0.25, 0.3) is 0 Å². The number of carbonyl (C=O) groups excluding carboxylic acids is 2. The lowest BCUT2D eigenvalue weighted by Crippen LogP contribution is -2.37. The molecule has 0 radical (unpaired) electrons. The van der Waals surface area contributed by atoms with Gasteiger partial charge in [-0.15, -0.1) is 0 Å². The Morgan fingerprint density at radius 2 is 1.70 bits per heavy atom. The number of aryl methyl sites for hydroxylation is 1. The predicted octanol–water partition coefficient (Wildman–Crippen LogP) is 3.01.